The molecule has 4 heteroatoms. The van der Waals surface area contributed by atoms with Crippen molar-refractivity contribution in [3.63, 3.8) is 0 Å². The van der Waals surface area contributed by atoms with Crippen LogP contribution in [0.25, 0.3) is 0 Å². The number of hydrogen-bond acceptors (Lipinski definition) is 2. The van der Waals surface area contributed by atoms with Gasteiger partial charge in [-0.3, -0.25) is 0 Å². The quantitative estimate of drug-likeness (QED) is 0.821. The van der Waals surface area contributed by atoms with Gasteiger partial charge in [-0.1, -0.05) is 19.1 Å². The first kappa shape index (κ1) is 12.9. The van der Waals surface area contributed by atoms with E-state index in [9.17, 15) is 4.39 Å². The highest BCUT2D eigenvalue weighted by atomic mass is 79.9. The summed E-state index contributed by atoms with van der Waals surface area (Å²) in [5.41, 5.74) is 9.04. The normalized spacial score (nSPS) is 10.4. The fourth-order valence-electron chi connectivity index (χ4n) is 1.65. The second-order valence-electron chi connectivity index (χ2n) is 4.03. The van der Waals surface area contributed by atoms with E-state index in [1.807, 2.05) is 12.1 Å². The molecule has 0 fully saturated rings. The molecule has 2 nitrogen and oxygen atoms in total. The maximum Gasteiger partial charge on any atom is 0.139 e. The Hall–Kier alpha value is -1.55. The van der Waals surface area contributed by atoms with Crippen molar-refractivity contribution < 1.29 is 4.39 Å². The molecule has 2 rings (SSSR count). The van der Waals surface area contributed by atoms with Gasteiger partial charge in [0.15, 0.2) is 0 Å². The lowest BCUT2D eigenvalue weighted by Gasteiger charge is -2.11. The number of rotatable bonds is 3. The number of nitrogens with one attached hydrogen (secondary N) is 1. The molecule has 0 aliphatic rings. The minimum atomic E-state index is -0.362. The van der Waals surface area contributed by atoms with Gasteiger partial charge >= 0.3 is 0 Å². The van der Waals surface area contributed by atoms with Gasteiger partial charge < -0.3 is 11.1 Å². The van der Waals surface area contributed by atoms with E-state index in [0.717, 1.165) is 12.1 Å². The standard InChI is InChI=1S/C14H14BrFN2/c1-2-9-3-5-10(6-4-9)18-14-7-11(15)12(16)8-13(14)17/h3-8,18H,2,17H2,1H3. The molecule has 0 amide bonds. The molecule has 0 aliphatic heterocycles. The Morgan fingerprint density at radius 3 is 2.50 bits per heavy atom. The van der Waals surface area contributed by atoms with Gasteiger partial charge in [0.1, 0.15) is 5.82 Å². The van der Waals surface area contributed by atoms with E-state index in [4.69, 9.17) is 5.73 Å². The molecule has 3 N–H and O–H groups in total. The Balaban J connectivity index is 2.25. The third kappa shape index (κ3) is 2.82. The van der Waals surface area contributed by atoms with Crippen molar-refractivity contribution in [1.29, 1.82) is 0 Å². The molecule has 0 aliphatic carbocycles. The van der Waals surface area contributed by atoms with E-state index in [0.29, 0.717) is 15.8 Å². The molecule has 2 aromatic rings. The summed E-state index contributed by atoms with van der Waals surface area (Å²) in [6.07, 6.45) is 1.00. The van der Waals surface area contributed by atoms with Gasteiger partial charge in [-0.25, -0.2) is 4.39 Å². The minimum Gasteiger partial charge on any atom is -0.397 e. The van der Waals surface area contributed by atoms with E-state index in [1.165, 1.54) is 11.6 Å². The lowest BCUT2D eigenvalue weighted by atomic mass is 10.1. The topological polar surface area (TPSA) is 38.0 Å². The van der Waals surface area contributed by atoms with E-state index in [1.54, 1.807) is 6.07 Å². The number of nitrogen functional groups attached to an aromatic ring is 1. The number of anilines is 3. The molecule has 0 unspecified atom stereocenters. The van der Waals surface area contributed by atoms with Crippen LogP contribution in [0.4, 0.5) is 21.5 Å². The van der Waals surface area contributed by atoms with Crippen LogP contribution in [0.2, 0.25) is 0 Å². The first-order valence-corrected chi connectivity index (χ1v) is 6.50. The summed E-state index contributed by atoms with van der Waals surface area (Å²) >= 11 is 3.15. The first-order valence-electron chi connectivity index (χ1n) is 5.70. The van der Waals surface area contributed by atoms with Crippen LogP contribution in [-0.2, 0) is 6.42 Å². The Morgan fingerprint density at radius 1 is 1.22 bits per heavy atom. The summed E-state index contributed by atoms with van der Waals surface area (Å²) in [6.45, 7) is 2.11. The van der Waals surface area contributed by atoms with E-state index < -0.39 is 0 Å². The molecule has 94 valence electrons. The molecule has 0 atom stereocenters. The number of aryl methyl sites for hydroxylation is 1. The number of benzene rings is 2. The highest BCUT2D eigenvalue weighted by Crippen LogP contribution is 2.29. The number of hydrogen-bond donors (Lipinski definition) is 2. The molecule has 0 saturated carbocycles. The maximum absolute atomic E-state index is 13.2. The fourth-order valence-corrected chi connectivity index (χ4v) is 1.99. The zero-order valence-electron chi connectivity index (χ0n) is 10.0. The zero-order chi connectivity index (χ0) is 13.1. The van der Waals surface area contributed by atoms with Crippen LogP contribution in [0.3, 0.4) is 0 Å². The summed E-state index contributed by atoms with van der Waals surface area (Å²) in [4.78, 5) is 0. The lowest BCUT2D eigenvalue weighted by Crippen LogP contribution is -1.97. The molecule has 0 heterocycles. The highest BCUT2D eigenvalue weighted by Gasteiger charge is 2.06. The Kier molecular flexibility index (Phi) is 3.87. The average Bonchev–Trinajstić information content (AvgIpc) is 2.37. The van der Waals surface area contributed by atoms with Crippen molar-refractivity contribution in [3.8, 4) is 0 Å². The summed E-state index contributed by atoms with van der Waals surface area (Å²) in [6, 6.07) is 11.0. The summed E-state index contributed by atoms with van der Waals surface area (Å²) in [5, 5.41) is 3.17. The Morgan fingerprint density at radius 2 is 1.89 bits per heavy atom. The summed E-state index contributed by atoms with van der Waals surface area (Å²) in [7, 11) is 0. The summed E-state index contributed by atoms with van der Waals surface area (Å²) in [5.74, 6) is -0.362. The van der Waals surface area contributed by atoms with Crippen molar-refractivity contribution in [1.82, 2.24) is 0 Å². The number of halogens is 2. The monoisotopic (exact) mass is 308 g/mol. The lowest BCUT2D eigenvalue weighted by molar-refractivity contribution is 0.622. The van der Waals surface area contributed by atoms with Crippen LogP contribution < -0.4 is 11.1 Å². The maximum atomic E-state index is 13.2. The van der Waals surface area contributed by atoms with Gasteiger partial charge in [0.05, 0.1) is 15.8 Å². The Labute approximate surface area is 114 Å². The molecular weight excluding hydrogens is 295 g/mol. The van der Waals surface area contributed by atoms with Crippen LogP contribution in [-0.4, -0.2) is 0 Å². The predicted molar refractivity (Wildman–Crippen MR) is 77.6 cm³/mol. The van der Waals surface area contributed by atoms with Gasteiger partial charge in [-0.05, 0) is 46.1 Å². The van der Waals surface area contributed by atoms with Gasteiger partial charge in [-0.15, -0.1) is 0 Å². The molecule has 0 bridgehead atoms. The van der Waals surface area contributed by atoms with Crippen LogP contribution in [0, 0.1) is 5.82 Å². The van der Waals surface area contributed by atoms with Crippen molar-refractivity contribution >= 4 is 33.0 Å². The third-order valence-electron chi connectivity index (χ3n) is 2.73. The minimum absolute atomic E-state index is 0.362. The average molecular weight is 309 g/mol. The molecule has 18 heavy (non-hydrogen) atoms. The molecule has 2 aromatic carbocycles. The molecular formula is C14H14BrFN2. The second-order valence-corrected chi connectivity index (χ2v) is 4.88. The second kappa shape index (κ2) is 5.40. The molecule has 0 aromatic heterocycles. The van der Waals surface area contributed by atoms with E-state index in [-0.39, 0.29) is 5.82 Å². The van der Waals surface area contributed by atoms with Gasteiger partial charge in [0.2, 0.25) is 0 Å². The van der Waals surface area contributed by atoms with Crippen LogP contribution in [0.15, 0.2) is 40.9 Å². The summed E-state index contributed by atoms with van der Waals surface area (Å²) < 4.78 is 13.6. The SMILES string of the molecule is CCc1ccc(Nc2cc(Br)c(F)cc2N)cc1. The zero-order valence-corrected chi connectivity index (χ0v) is 11.6. The highest BCUT2D eigenvalue weighted by molar-refractivity contribution is 9.10. The Bertz CT molecular complexity index is 552. The van der Waals surface area contributed by atoms with Gasteiger partial charge in [0, 0.05) is 11.8 Å². The van der Waals surface area contributed by atoms with Crippen LogP contribution >= 0.6 is 15.9 Å². The molecule has 0 spiro atoms. The van der Waals surface area contributed by atoms with E-state index >= 15 is 0 Å². The molecule has 0 saturated heterocycles. The smallest absolute Gasteiger partial charge is 0.139 e. The van der Waals surface area contributed by atoms with Crippen LogP contribution in [0.1, 0.15) is 12.5 Å². The molecule has 0 radical (unpaired) electrons. The van der Waals surface area contributed by atoms with Crippen molar-refractivity contribution in [2.75, 3.05) is 11.1 Å². The first-order chi connectivity index (χ1) is 8.60. The van der Waals surface area contributed by atoms with Crippen molar-refractivity contribution in [2.45, 2.75) is 13.3 Å². The van der Waals surface area contributed by atoms with Crippen LogP contribution in [0.5, 0.6) is 0 Å². The largest absolute Gasteiger partial charge is 0.397 e. The van der Waals surface area contributed by atoms with Crippen molar-refractivity contribution in [2.24, 2.45) is 0 Å². The number of nitrogens with two attached hydrogens (primary N) is 1. The van der Waals surface area contributed by atoms with E-state index in [2.05, 4.69) is 40.3 Å². The predicted octanol–water partition coefficient (Wildman–Crippen LogP) is 4.48. The fraction of sp³-hybridized carbons (Fsp3) is 0.143. The van der Waals surface area contributed by atoms with Gasteiger partial charge in [-0.2, -0.15) is 0 Å². The van der Waals surface area contributed by atoms with Crippen molar-refractivity contribution in [3.05, 3.63) is 52.3 Å². The van der Waals surface area contributed by atoms with Gasteiger partial charge in [0.25, 0.3) is 0 Å². The third-order valence-corrected chi connectivity index (χ3v) is 3.34.